The van der Waals surface area contributed by atoms with Crippen LogP contribution in [0.15, 0.2) is 205 Å². The lowest BCUT2D eigenvalue weighted by atomic mass is 9.90. The molecule has 0 atom stereocenters. The van der Waals surface area contributed by atoms with E-state index in [9.17, 15) is 0 Å². The summed E-state index contributed by atoms with van der Waals surface area (Å²) in [6.07, 6.45) is 4.01. The van der Waals surface area contributed by atoms with Crippen molar-refractivity contribution in [3.05, 3.63) is 212 Å². The third-order valence-electron chi connectivity index (χ3n) is 9.72. The third-order valence-corrected chi connectivity index (χ3v) is 9.72. The molecule has 55 heavy (non-hydrogen) atoms. The zero-order chi connectivity index (χ0) is 37.0. The van der Waals surface area contributed by atoms with Crippen molar-refractivity contribution in [3.63, 3.8) is 0 Å². The number of furan rings is 1. The topological polar surface area (TPSA) is 51.8 Å². The Balaban J connectivity index is 1.06. The van der Waals surface area contributed by atoms with Crippen molar-refractivity contribution in [3.8, 4) is 67.5 Å². The molecule has 7 aromatic carbocycles. The molecule has 0 aliphatic heterocycles. The van der Waals surface area contributed by atoms with E-state index in [-0.39, 0.29) is 0 Å². The molecule has 2 heterocycles. The van der Waals surface area contributed by atoms with Crippen LogP contribution in [0.2, 0.25) is 0 Å². The Morgan fingerprint density at radius 3 is 1.56 bits per heavy atom. The van der Waals surface area contributed by atoms with Crippen LogP contribution in [-0.4, -0.2) is 15.0 Å². The number of rotatable bonds is 9. The largest absolute Gasteiger partial charge is 0.457 e. The van der Waals surface area contributed by atoms with E-state index in [0.717, 1.165) is 61.0 Å². The Morgan fingerprint density at radius 2 is 0.927 bits per heavy atom. The van der Waals surface area contributed by atoms with E-state index in [2.05, 4.69) is 97.6 Å². The second-order valence-corrected chi connectivity index (χ2v) is 13.3. The van der Waals surface area contributed by atoms with E-state index in [1.165, 1.54) is 11.1 Å². The van der Waals surface area contributed by atoms with Crippen molar-refractivity contribution in [1.82, 2.24) is 15.0 Å². The molecule has 4 nitrogen and oxygen atoms in total. The van der Waals surface area contributed by atoms with E-state index in [4.69, 9.17) is 19.4 Å². The van der Waals surface area contributed by atoms with Gasteiger partial charge in [-0.05, 0) is 74.9 Å². The van der Waals surface area contributed by atoms with E-state index in [1.807, 2.05) is 109 Å². The molecule has 260 valence electrons. The van der Waals surface area contributed by atoms with E-state index in [0.29, 0.717) is 23.2 Å². The monoisotopic (exact) mass is 705 g/mol. The van der Waals surface area contributed by atoms with Crippen LogP contribution in [0, 0.1) is 0 Å². The number of aromatic nitrogens is 3. The molecule has 9 rings (SSSR count). The highest BCUT2D eigenvalue weighted by Gasteiger charge is 2.16. The Morgan fingerprint density at radius 1 is 0.418 bits per heavy atom. The van der Waals surface area contributed by atoms with Gasteiger partial charge in [0.15, 0.2) is 17.5 Å². The summed E-state index contributed by atoms with van der Waals surface area (Å²) in [5.41, 5.74) is 12.3. The summed E-state index contributed by atoms with van der Waals surface area (Å²) in [5, 5.41) is 0.920. The molecule has 0 saturated heterocycles. The first-order chi connectivity index (χ1) is 27.2. The molecule has 0 aliphatic carbocycles. The summed E-state index contributed by atoms with van der Waals surface area (Å²) in [5.74, 6) is 2.52. The summed E-state index contributed by atoms with van der Waals surface area (Å²) in [6.45, 7) is 4.52. The molecule has 0 unspecified atom stereocenters. The lowest BCUT2D eigenvalue weighted by molar-refractivity contribution is 0.604. The molecule has 0 saturated carbocycles. The molecule has 2 aromatic heterocycles. The lowest BCUT2D eigenvalue weighted by Gasteiger charge is -2.14. The van der Waals surface area contributed by atoms with Gasteiger partial charge < -0.3 is 4.42 Å². The molecule has 0 fully saturated rings. The first-order valence-corrected chi connectivity index (χ1v) is 18.3. The summed E-state index contributed by atoms with van der Waals surface area (Å²) >= 11 is 0. The highest BCUT2D eigenvalue weighted by Crippen LogP contribution is 2.36. The molecule has 0 spiro atoms. The number of hydrogen-bond donors (Lipinski definition) is 0. The first-order valence-electron chi connectivity index (χ1n) is 18.3. The maximum absolute atomic E-state index is 6.39. The normalized spacial score (nSPS) is 11.3. The maximum atomic E-state index is 6.39. The molecule has 0 aliphatic rings. The van der Waals surface area contributed by atoms with Crippen LogP contribution in [0.1, 0.15) is 11.3 Å². The fourth-order valence-electron chi connectivity index (χ4n) is 6.93. The SMILES string of the molecule is C=C(/C=C\c1cc2c(-c3nc(-c4ccccc4)nc(-c4ccccc4)n3)cccc2o1)c1ccc(-c2cccc(-c3ccccc3)c2)cc1-c1ccccc1. The molecule has 0 N–H and O–H groups in total. The minimum atomic E-state index is 0.584. The van der Waals surface area contributed by atoms with Crippen molar-refractivity contribution < 1.29 is 4.42 Å². The Hall–Kier alpha value is -7.43. The predicted octanol–water partition coefficient (Wildman–Crippen LogP) is 13.3. The highest BCUT2D eigenvalue weighted by atomic mass is 16.3. The Labute approximate surface area is 320 Å². The summed E-state index contributed by atoms with van der Waals surface area (Å²) < 4.78 is 6.39. The van der Waals surface area contributed by atoms with Crippen molar-refractivity contribution >= 4 is 22.6 Å². The van der Waals surface area contributed by atoms with Crippen molar-refractivity contribution in [2.75, 3.05) is 0 Å². The van der Waals surface area contributed by atoms with E-state index >= 15 is 0 Å². The van der Waals surface area contributed by atoms with Crippen LogP contribution < -0.4 is 0 Å². The van der Waals surface area contributed by atoms with E-state index < -0.39 is 0 Å². The number of fused-ring (bicyclic) bond motifs is 1. The zero-order valence-corrected chi connectivity index (χ0v) is 30.0. The maximum Gasteiger partial charge on any atom is 0.164 e. The standard InChI is InChI=1S/C51H35N3O/c1-35(44-31-29-42(33-46(44)37-18-8-3-9-19-37)41-25-14-24-40(32-41)36-16-6-2-7-17-36)28-30-43-34-47-45(26-15-27-48(47)55-43)51-53-49(38-20-10-4-11-21-38)52-50(54-51)39-22-12-5-13-23-39/h2-34H,1H2/b30-28-. The van der Waals surface area contributed by atoms with Gasteiger partial charge in [0.1, 0.15) is 11.3 Å². The third kappa shape index (κ3) is 7.05. The Bertz CT molecular complexity index is 2750. The van der Waals surface area contributed by atoms with Crippen molar-refractivity contribution in [2.45, 2.75) is 0 Å². The quantitative estimate of drug-likeness (QED) is 0.140. The van der Waals surface area contributed by atoms with Gasteiger partial charge in [-0.2, -0.15) is 0 Å². The average molecular weight is 706 g/mol. The van der Waals surface area contributed by atoms with Crippen LogP contribution in [0.3, 0.4) is 0 Å². The molecular formula is C51H35N3O. The summed E-state index contributed by atoms with van der Waals surface area (Å²) in [6, 6.07) is 64.4. The minimum absolute atomic E-state index is 0.584. The van der Waals surface area contributed by atoms with E-state index in [1.54, 1.807) is 0 Å². The van der Waals surface area contributed by atoms with Gasteiger partial charge in [0, 0.05) is 22.1 Å². The van der Waals surface area contributed by atoms with Crippen LogP contribution in [0.25, 0.3) is 90.2 Å². The molecular weight excluding hydrogens is 671 g/mol. The summed E-state index contributed by atoms with van der Waals surface area (Å²) in [4.78, 5) is 14.8. The van der Waals surface area contributed by atoms with Gasteiger partial charge in [0.2, 0.25) is 0 Å². The van der Waals surface area contributed by atoms with Gasteiger partial charge in [-0.3, -0.25) is 0 Å². The predicted molar refractivity (Wildman–Crippen MR) is 227 cm³/mol. The van der Waals surface area contributed by atoms with Crippen LogP contribution in [0.5, 0.6) is 0 Å². The first kappa shape index (κ1) is 33.4. The smallest absolute Gasteiger partial charge is 0.164 e. The highest BCUT2D eigenvalue weighted by molar-refractivity contribution is 5.95. The van der Waals surface area contributed by atoms with Gasteiger partial charge in [-0.15, -0.1) is 0 Å². The number of benzene rings is 7. The number of nitrogens with zero attached hydrogens (tertiary/aromatic N) is 3. The van der Waals surface area contributed by atoms with Crippen molar-refractivity contribution in [1.29, 1.82) is 0 Å². The van der Waals surface area contributed by atoms with Crippen LogP contribution >= 0.6 is 0 Å². The van der Waals surface area contributed by atoms with Gasteiger partial charge >= 0.3 is 0 Å². The fraction of sp³-hybridized carbons (Fsp3) is 0. The average Bonchev–Trinajstić information content (AvgIpc) is 3.70. The van der Waals surface area contributed by atoms with Crippen molar-refractivity contribution in [2.24, 2.45) is 0 Å². The second-order valence-electron chi connectivity index (χ2n) is 13.3. The van der Waals surface area contributed by atoms with Gasteiger partial charge in [0.25, 0.3) is 0 Å². The lowest BCUT2D eigenvalue weighted by Crippen LogP contribution is -2.00. The second kappa shape index (κ2) is 14.9. The fourth-order valence-corrected chi connectivity index (χ4v) is 6.93. The Kier molecular flexibility index (Phi) is 9.05. The molecule has 0 bridgehead atoms. The van der Waals surface area contributed by atoms with Gasteiger partial charge in [-0.25, -0.2) is 15.0 Å². The van der Waals surface area contributed by atoms with Gasteiger partial charge in [0.05, 0.1) is 0 Å². The number of allylic oxidation sites excluding steroid dienone is 2. The number of hydrogen-bond acceptors (Lipinski definition) is 4. The van der Waals surface area contributed by atoms with Crippen LogP contribution in [-0.2, 0) is 0 Å². The zero-order valence-electron chi connectivity index (χ0n) is 30.0. The summed E-state index contributed by atoms with van der Waals surface area (Å²) in [7, 11) is 0. The molecule has 4 heteroatoms. The van der Waals surface area contributed by atoms with Crippen LogP contribution in [0.4, 0.5) is 0 Å². The van der Waals surface area contributed by atoms with Gasteiger partial charge in [-0.1, -0.05) is 176 Å². The molecule has 9 aromatic rings. The minimum Gasteiger partial charge on any atom is -0.457 e. The molecule has 0 amide bonds. The molecule has 0 radical (unpaired) electrons.